The molecule has 1 fully saturated rings. The monoisotopic (exact) mass is 403 g/mol. The van der Waals surface area contributed by atoms with E-state index in [1.807, 2.05) is 6.07 Å². The van der Waals surface area contributed by atoms with Crippen molar-refractivity contribution in [3.63, 3.8) is 0 Å². The van der Waals surface area contributed by atoms with Crippen molar-refractivity contribution in [2.45, 2.75) is 31.8 Å². The van der Waals surface area contributed by atoms with Crippen LogP contribution in [0.5, 0.6) is 0 Å². The first-order valence-electron chi connectivity index (χ1n) is 10.7. The van der Waals surface area contributed by atoms with Gasteiger partial charge in [0.15, 0.2) is 0 Å². The van der Waals surface area contributed by atoms with Crippen LogP contribution in [0.1, 0.15) is 24.0 Å². The SMILES string of the molecule is Fc1ccccc1Nc1cc(N2CCC(N3CCc4ccccc4C3)CC2)ncn1. The van der Waals surface area contributed by atoms with Gasteiger partial charge in [0.1, 0.15) is 23.8 Å². The molecule has 3 heterocycles. The highest BCUT2D eigenvalue weighted by molar-refractivity contribution is 5.59. The highest BCUT2D eigenvalue weighted by Gasteiger charge is 2.27. The number of para-hydroxylation sites is 1. The standard InChI is InChI=1S/C24H26FN5/c25-21-7-3-4-8-22(21)28-23-15-24(27-17-26-23)29-13-10-20(11-14-29)30-12-9-18-5-1-2-6-19(18)16-30/h1-8,15,17,20H,9-14,16H2,(H,26,27,28). The normalized spacial score (nSPS) is 17.6. The molecule has 0 spiro atoms. The Hall–Kier alpha value is -2.99. The van der Waals surface area contributed by atoms with E-state index in [1.165, 1.54) is 17.2 Å². The third kappa shape index (κ3) is 4.00. The van der Waals surface area contributed by atoms with Gasteiger partial charge in [0.25, 0.3) is 0 Å². The van der Waals surface area contributed by atoms with Crippen LogP contribution in [0.2, 0.25) is 0 Å². The summed E-state index contributed by atoms with van der Waals surface area (Å²) in [5.41, 5.74) is 3.40. The van der Waals surface area contributed by atoms with Crippen LogP contribution in [0.15, 0.2) is 60.9 Å². The second-order valence-corrected chi connectivity index (χ2v) is 8.07. The zero-order valence-electron chi connectivity index (χ0n) is 17.0. The van der Waals surface area contributed by atoms with Crippen LogP contribution in [0.25, 0.3) is 0 Å². The first-order chi connectivity index (χ1) is 14.8. The van der Waals surface area contributed by atoms with Crippen LogP contribution in [0.3, 0.4) is 0 Å². The second-order valence-electron chi connectivity index (χ2n) is 8.07. The minimum Gasteiger partial charge on any atom is -0.356 e. The van der Waals surface area contributed by atoms with Gasteiger partial charge in [-0.1, -0.05) is 36.4 Å². The Labute approximate surface area is 176 Å². The molecule has 3 aromatic rings. The molecule has 154 valence electrons. The average Bonchev–Trinajstić information content (AvgIpc) is 2.81. The summed E-state index contributed by atoms with van der Waals surface area (Å²) >= 11 is 0. The van der Waals surface area contributed by atoms with Crippen molar-refractivity contribution in [2.24, 2.45) is 0 Å². The van der Waals surface area contributed by atoms with Gasteiger partial charge in [-0.2, -0.15) is 0 Å². The average molecular weight is 404 g/mol. The van der Waals surface area contributed by atoms with E-state index in [1.54, 1.807) is 24.5 Å². The van der Waals surface area contributed by atoms with Crippen molar-refractivity contribution in [2.75, 3.05) is 29.9 Å². The molecule has 30 heavy (non-hydrogen) atoms. The molecule has 1 N–H and O–H groups in total. The number of benzene rings is 2. The van der Waals surface area contributed by atoms with Gasteiger partial charge in [-0.25, -0.2) is 14.4 Å². The van der Waals surface area contributed by atoms with Crippen LogP contribution >= 0.6 is 0 Å². The molecule has 1 aromatic heterocycles. The number of nitrogens with zero attached hydrogens (tertiary/aromatic N) is 4. The first kappa shape index (κ1) is 19.0. The molecule has 2 aromatic carbocycles. The maximum atomic E-state index is 13.9. The lowest BCUT2D eigenvalue weighted by Gasteiger charge is -2.41. The van der Waals surface area contributed by atoms with Crippen molar-refractivity contribution >= 4 is 17.3 Å². The van der Waals surface area contributed by atoms with E-state index >= 15 is 0 Å². The highest BCUT2D eigenvalue weighted by Crippen LogP contribution is 2.27. The zero-order valence-corrected chi connectivity index (χ0v) is 17.0. The predicted molar refractivity (Wildman–Crippen MR) is 118 cm³/mol. The van der Waals surface area contributed by atoms with Crippen LogP contribution < -0.4 is 10.2 Å². The van der Waals surface area contributed by atoms with Gasteiger partial charge in [-0.05, 0) is 42.5 Å². The zero-order chi connectivity index (χ0) is 20.3. The molecule has 0 aliphatic carbocycles. The summed E-state index contributed by atoms with van der Waals surface area (Å²) in [4.78, 5) is 13.7. The number of piperidine rings is 1. The van der Waals surface area contributed by atoms with Crippen molar-refractivity contribution in [1.82, 2.24) is 14.9 Å². The Balaban J connectivity index is 1.21. The third-order valence-corrected chi connectivity index (χ3v) is 6.25. The maximum Gasteiger partial charge on any atom is 0.146 e. The molecule has 1 saturated heterocycles. The summed E-state index contributed by atoms with van der Waals surface area (Å²) in [5, 5.41) is 3.06. The fraction of sp³-hybridized carbons (Fsp3) is 0.333. The number of hydrogen-bond acceptors (Lipinski definition) is 5. The molecule has 0 amide bonds. The summed E-state index contributed by atoms with van der Waals surface area (Å²) in [5.74, 6) is 1.22. The van der Waals surface area contributed by atoms with Crippen LogP contribution in [-0.2, 0) is 13.0 Å². The summed E-state index contributed by atoms with van der Waals surface area (Å²) < 4.78 is 13.9. The van der Waals surface area contributed by atoms with Gasteiger partial charge in [-0.3, -0.25) is 4.90 Å². The summed E-state index contributed by atoms with van der Waals surface area (Å²) in [7, 11) is 0. The smallest absolute Gasteiger partial charge is 0.146 e. The molecule has 2 aliphatic rings. The minimum atomic E-state index is -0.290. The van der Waals surface area contributed by atoms with Crippen molar-refractivity contribution in [3.05, 3.63) is 77.9 Å². The Bertz CT molecular complexity index is 1020. The van der Waals surface area contributed by atoms with Gasteiger partial charge in [0, 0.05) is 38.3 Å². The largest absolute Gasteiger partial charge is 0.356 e. The highest BCUT2D eigenvalue weighted by atomic mass is 19.1. The molecule has 0 atom stereocenters. The summed E-state index contributed by atoms with van der Waals surface area (Å²) in [6.45, 7) is 4.15. The fourth-order valence-corrected chi connectivity index (χ4v) is 4.58. The second kappa shape index (κ2) is 8.40. The van der Waals surface area contributed by atoms with E-state index in [0.29, 0.717) is 17.5 Å². The lowest BCUT2D eigenvalue weighted by molar-refractivity contribution is 0.153. The molecular weight excluding hydrogens is 377 g/mol. The van der Waals surface area contributed by atoms with Crippen LogP contribution in [0, 0.1) is 5.82 Å². The van der Waals surface area contributed by atoms with E-state index in [4.69, 9.17) is 0 Å². The quantitative estimate of drug-likeness (QED) is 0.700. The molecule has 2 aliphatic heterocycles. The molecule has 0 unspecified atom stereocenters. The number of hydrogen-bond donors (Lipinski definition) is 1. The lowest BCUT2D eigenvalue weighted by Crippen LogP contribution is -2.46. The summed E-state index contributed by atoms with van der Waals surface area (Å²) in [6, 6.07) is 18.0. The van der Waals surface area contributed by atoms with Gasteiger partial charge >= 0.3 is 0 Å². The van der Waals surface area contributed by atoms with Gasteiger partial charge in [0.2, 0.25) is 0 Å². The van der Waals surface area contributed by atoms with E-state index in [0.717, 1.165) is 51.3 Å². The van der Waals surface area contributed by atoms with Gasteiger partial charge < -0.3 is 10.2 Å². The van der Waals surface area contributed by atoms with Crippen molar-refractivity contribution in [1.29, 1.82) is 0 Å². The van der Waals surface area contributed by atoms with E-state index in [9.17, 15) is 4.39 Å². The van der Waals surface area contributed by atoms with Crippen LogP contribution in [-0.4, -0.2) is 40.5 Å². The Kier molecular flexibility index (Phi) is 5.32. The Morgan fingerprint density at radius 3 is 2.50 bits per heavy atom. The van der Waals surface area contributed by atoms with Crippen LogP contribution in [0.4, 0.5) is 21.7 Å². The number of fused-ring (bicyclic) bond motifs is 1. The molecule has 0 radical (unpaired) electrons. The van der Waals surface area contributed by atoms with Crippen molar-refractivity contribution in [3.8, 4) is 0 Å². The summed E-state index contributed by atoms with van der Waals surface area (Å²) in [6.07, 6.45) is 4.95. The molecule has 0 bridgehead atoms. The fourth-order valence-electron chi connectivity index (χ4n) is 4.58. The number of anilines is 3. The van der Waals surface area contributed by atoms with E-state index in [2.05, 4.69) is 49.4 Å². The first-order valence-corrected chi connectivity index (χ1v) is 10.7. The maximum absolute atomic E-state index is 13.9. The number of nitrogens with one attached hydrogen (secondary N) is 1. The van der Waals surface area contributed by atoms with E-state index < -0.39 is 0 Å². The van der Waals surface area contributed by atoms with Crippen molar-refractivity contribution < 1.29 is 4.39 Å². The van der Waals surface area contributed by atoms with E-state index in [-0.39, 0.29) is 5.82 Å². The van der Waals surface area contributed by atoms with Gasteiger partial charge in [0.05, 0.1) is 5.69 Å². The Morgan fingerprint density at radius 2 is 1.67 bits per heavy atom. The third-order valence-electron chi connectivity index (χ3n) is 6.25. The Morgan fingerprint density at radius 1 is 0.900 bits per heavy atom. The molecule has 0 saturated carbocycles. The number of halogens is 1. The molecule has 5 nitrogen and oxygen atoms in total. The molecule has 5 rings (SSSR count). The molecule has 6 heteroatoms. The molecular formula is C24H26FN5. The topological polar surface area (TPSA) is 44.3 Å². The van der Waals surface area contributed by atoms with Gasteiger partial charge in [-0.15, -0.1) is 0 Å². The predicted octanol–water partition coefficient (Wildman–Crippen LogP) is 4.39. The number of aromatic nitrogens is 2. The lowest BCUT2D eigenvalue weighted by atomic mass is 9.95. The number of rotatable bonds is 4. The minimum absolute atomic E-state index is 0.290.